The van der Waals surface area contributed by atoms with Crippen LogP contribution in [-0.2, 0) is 6.61 Å². The lowest BCUT2D eigenvalue weighted by Gasteiger charge is -2.04. The number of ether oxygens (including phenoxy) is 1. The third-order valence-corrected chi connectivity index (χ3v) is 2.93. The van der Waals surface area contributed by atoms with Crippen LogP contribution in [0.5, 0.6) is 5.75 Å². The number of hydrogen-bond donors (Lipinski definition) is 0. The summed E-state index contributed by atoms with van der Waals surface area (Å²) in [5.41, 5.74) is 1.58. The summed E-state index contributed by atoms with van der Waals surface area (Å²) in [5.74, 6) is 2.19. The van der Waals surface area contributed by atoms with Crippen molar-refractivity contribution in [2.75, 3.05) is 0 Å². The molecule has 0 radical (unpaired) electrons. The van der Waals surface area contributed by atoms with Crippen LogP contribution in [-0.4, -0.2) is 10.8 Å². The van der Waals surface area contributed by atoms with Gasteiger partial charge in [-0.2, -0.15) is 0 Å². The topological polar surface area (TPSA) is 52.3 Å². The second kappa shape index (κ2) is 5.69. The Balaban J connectivity index is 1.98. The molecule has 1 heterocycles. The fourth-order valence-corrected chi connectivity index (χ4v) is 1.69. The summed E-state index contributed by atoms with van der Waals surface area (Å²) in [5, 5.41) is 0. The number of aromatic nitrogens is 1. The van der Waals surface area contributed by atoms with Crippen molar-refractivity contribution in [1.29, 1.82) is 0 Å². The molecule has 19 heavy (non-hydrogen) atoms. The number of nitrogens with zero attached hydrogens (tertiary/aromatic N) is 1. The van der Waals surface area contributed by atoms with Crippen LogP contribution < -0.4 is 4.74 Å². The van der Waals surface area contributed by atoms with Crippen molar-refractivity contribution < 1.29 is 13.9 Å². The van der Waals surface area contributed by atoms with E-state index >= 15 is 0 Å². The van der Waals surface area contributed by atoms with E-state index in [0.29, 0.717) is 23.6 Å². The predicted octanol–water partition coefficient (Wildman–Crippen LogP) is 3.46. The van der Waals surface area contributed by atoms with Crippen molar-refractivity contribution in [2.45, 2.75) is 33.8 Å². The molecule has 2 rings (SSSR count). The third kappa shape index (κ3) is 3.22. The smallest absolute Gasteiger partial charge is 0.232 e. The predicted molar refractivity (Wildman–Crippen MR) is 71.4 cm³/mol. The first-order valence-corrected chi connectivity index (χ1v) is 6.29. The lowest BCUT2D eigenvalue weighted by atomic mass is 10.1. The number of oxazole rings is 1. The summed E-state index contributed by atoms with van der Waals surface area (Å²) in [6, 6.07) is 7.11. The van der Waals surface area contributed by atoms with E-state index in [0.717, 1.165) is 11.5 Å². The van der Waals surface area contributed by atoms with Crippen LogP contribution in [0, 0.1) is 13.8 Å². The summed E-state index contributed by atoms with van der Waals surface area (Å²) in [6.45, 7) is 5.90. The molecule has 0 aliphatic rings. The van der Waals surface area contributed by atoms with E-state index in [1.807, 2.05) is 20.8 Å². The molecule has 100 valence electrons. The average Bonchev–Trinajstić information content (AvgIpc) is 2.75. The summed E-state index contributed by atoms with van der Waals surface area (Å²) >= 11 is 0. The van der Waals surface area contributed by atoms with Gasteiger partial charge in [-0.1, -0.05) is 6.92 Å². The first kappa shape index (κ1) is 13.3. The number of carbonyl (C=O) groups excluding carboxylic acids is 1. The van der Waals surface area contributed by atoms with Gasteiger partial charge in [0.2, 0.25) is 5.89 Å². The highest BCUT2D eigenvalue weighted by atomic mass is 16.5. The summed E-state index contributed by atoms with van der Waals surface area (Å²) in [4.78, 5) is 15.7. The quantitative estimate of drug-likeness (QED) is 0.771. The molecule has 1 aromatic carbocycles. The first-order chi connectivity index (χ1) is 9.10. The molecule has 0 N–H and O–H groups in total. The van der Waals surface area contributed by atoms with Crippen molar-refractivity contribution in [3.05, 3.63) is 47.2 Å². The van der Waals surface area contributed by atoms with Crippen molar-refractivity contribution >= 4 is 5.78 Å². The van der Waals surface area contributed by atoms with E-state index in [4.69, 9.17) is 9.15 Å². The Labute approximate surface area is 112 Å². The van der Waals surface area contributed by atoms with Crippen LogP contribution in [0.3, 0.4) is 0 Å². The molecule has 0 bridgehead atoms. The van der Waals surface area contributed by atoms with Gasteiger partial charge in [-0.05, 0) is 38.1 Å². The molecule has 0 aliphatic heterocycles. The molecule has 0 saturated carbocycles. The van der Waals surface area contributed by atoms with Crippen LogP contribution in [0.4, 0.5) is 0 Å². The molecule has 0 atom stereocenters. The van der Waals surface area contributed by atoms with Crippen LogP contribution in [0.15, 0.2) is 28.7 Å². The maximum atomic E-state index is 11.5. The first-order valence-electron chi connectivity index (χ1n) is 6.29. The second-order valence-electron chi connectivity index (χ2n) is 4.34. The van der Waals surface area contributed by atoms with Crippen LogP contribution in [0.25, 0.3) is 0 Å². The minimum absolute atomic E-state index is 0.130. The van der Waals surface area contributed by atoms with E-state index in [1.165, 1.54) is 0 Å². The van der Waals surface area contributed by atoms with Crippen molar-refractivity contribution in [2.24, 2.45) is 0 Å². The monoisotopic (exact) mass is 259 g/mol. The fraction of sp³-hybridized carbons (Fsp3) is 0.333. The molecule has 4 heteroatoms. The van der Waals surface area contributed by atoms with Gasteiger partial charge in [0.05, 0.1) is 5.69 Å². The maximum Gasteiger partial charge on any atom is 0.232 e. The molecule has 4 nitrogen and oxygen atoms in total. The van der Waals surface area contributed by atoms with E-state index in [9.17, 15) is 4.79 Å². The molecule has 0 amide bonds. The summed E-state index contributed by atoms with van der Waals surface area (Å²) in [6.07, 6.45) is 0.509. The SMILES string of the molecule is CCC(=O)c1ccc(OCc2nc(C)c(C)o2)cc1. The fourth-order valence-electron chi connectivity index (χ4n) is 1.69. The largest absolute Gasteiger partial charge is 0.484 e. The zero-order valence-corrected chi connectivity index (χ0v) is 11.4. The normalized spacial score (nSPS) is 10.5. The van der Waals surface area contributed by atoms with E-state index in [2.05, 4.69) is 4.98 Å². The molecule has 1 aromatic heterocycles. The molecule has 0 unspecified atom stereocenters. The molecular formula is C15H17NO3. The Morgan fingerprint density at radius 1 is 1.26 bits per heavy atom. The number of carbonyl (C=O) groups is 1. The zero-order chi connectivity index (χ0) is 13.8. The Morgan fingerprint density at radius 2 is 1.95 bits per heavy atom. The van der Waals surface area contributed by atoms with Gasteiger partial charge in [0.25, 0.3) is 0 Å². The second-order valence-corrected chi connectivity index (χ2v) is 4.34. The van der Waals surface area contributed by atoms with Gasteiger partial charge in [0, 0.05) is 12.0 Å². The van der Waals surface area contributed by atoms with E-state index < -0.39 is 0 Å². The highest BCUT2D eigenvalue weighted by Gasteiger charge is 2.07. The van der Waals surface area contributed by atoms with Gasteiger partial charge in [0.15, 0.2) is 12.4 Å². The third-order valence-electron chi connectivity index (χ3n) is 2.93. The van der Waals surface area contributed by atoms with Gasteiger partial charge < -0.3 is 9.15 Å². The van der Waals surface area contributed by atoms with Gasteiger partial charge >= 0.3 is 0 Å². The number of ketones is 1. The van der Waals surface area contributed by atoms with Crippen LogP contribution in [0.1, 0.15) is 41.0 Å². The molecule has 0 fully saturated rings. The highest BCUT2D eigenvalue weighted by Crippen LogP contribution is 2.16. The lowest BCUT2D eigenvalue weighted by molar-refractivity contribution is 0.0988. The van der Waals surface area contributed by atoms with Crippen LogP contribution in [0.2, 0.25) is 0 Å². The molecule has 2 aromatic rings. The van der Waals surface area contributed by atoms with Gasteiger partial charge in [0.1, 0.15) is 11.5 Å². The standard InChI is InChI=1S/C15H17NO3/c1-4-14(17)12-5-7-13(8-6-12)18-9-15-16-10(2)11(3)19-15/h5-8H,4,9H2,1-3H3. The number of hydrogen-bond acceptors (Lipinski definition) is 4. The van der Waals surface area contributed by atoms with E-state index in [-0.39, 0.29) is 12.4 Å². The minimum Gasteiger partial charge on any atom is -0.484 e. The summed E-state index contributed by atoms with van der Waals surface area (Å²) < 4.78 is 11.0. The number of Topliss-reactive ketones (excluding diaryl/α,β-unsaturated/α-hetero) is 1. The molecule has 0 saturated heterocycles. The van der Waals surface area contributed by atoms with Gasteiger partial charge in [-0.3, -0.25) is 4.79 Å². The zero-order valence-electron chi connectivity index (χ0n) is 11.4. The summed E-state index contributed by atoms with van der Waals surface area (Å²) in [7, 11) is 0. The Hall–Kier alpha value is -2.10. The van der Waals surface area contributed by atoms with Crippen molar-refractivity contribution in [1.82, 2.24) is 4.98 Å². The molecular weight excluding hydrogens is 242 g/mol. The Morgan fingerprint density at radius 3 is 2.47 bits per heavy atom. The van der Waals surface area contributed by atoms with E-state index in [1.54, 1.807) is 24.3 Å². The Kier molecular flexibility index (Phi) is 4.00. The van der Waals surface area contributed by atoms with Gasteiger partial charge in [-0.25, -0.2) is 4.98 Å². The minimum atomic E-state index is 0.130. The Bertz CT molecular complexity index is 550. The number of benzene rings is 1. The highest BCUT2D eigenvalue weighted by molar-refractivity contribution is 5.95. The van der Waals surface area contributed by atoms with Crippen molar-refractivity contribution in [3.8, 4) is 5.75 Å². The van der Waals surface area contributed by atoms with Crippen molar-refractivity contribution in [3.63, 3.8) is 0 Å². The average molecular weight is 259 g/mol. The van der Waals surface area contributed by atoms with Gasteiger partial charge in [-0.15, -0.1) is 0 Å². The molecule has 0 spiro atoms. The lowest BCUT2D eigenvalue weighted by Crippen LogP contribution is -1.98. The maximum absolute atomic E-state index is 11.5. The molecule has 0 aliphatic carbocycles. The number of rotatable bonds is 5. The van der Waals surface area contributed by atoms with Crippen LogP contribution >= 0.6 is 0 Å². The number of aryl methyl sites for hydroxylation is 2.